The van der Waals surface area contributed by atoms with E-state index in [2.05, 4.69) is 15.6 Å². The number of likely N-dealkylation sites (N-methyl/N-ethyl adjacent to an activating group) is 1. The summed E-state index contributed by atoms with van der Waals surface area (Å²) in [5.74, 6) is 0.412. The molecule has 0 unspecified atom stereocenters. The maximum absolute atomic E-state index is 11.9. The molecule has 1 aliphatic rings. The van der Waals surface area contributed by atoms with Crippen molar-refractivity contribution < 1.29 is 13.2 Å². The normalized spacial score (nSPS) is 18.7. The van der Waals surface area contributed by atoms with E-state index in [0.29, 0.717) is 25.6 Å². The molecule has 1 aromatic rings. The van der Waals surface area contributed by atoms with Gasteiger partial charge in [0.2, 0.25) is 15.9 Å². The van der Waals surface area contributed by atoms with E-state index in [-0.39, 0.29) is 18.5 Å². The number of aliphatic imine (C=N–C) groups is 1. The number of rotatable bonds is 7. The van der Waals surface area contributed by atoms with Crippen molar-refractivity contribution in [1.29, 1.82) is 0 Å². The van der Waals surface area contributed by atoms with Crippen LogP contribution in [-0.4, -0.2) is 75.5 Å². The molecule has 0 saturated carbocycles. The van der Waals surface area contributed by atoms with Gasteiger partial charge < -0.3 is 15.5 Å². The number of sulfonamides is 1. The van der Waals surface area contributed by atoms with Gasteiger partial charge in [-0.1, -0.05) is 6.07 Å². The second kappa shape index (κ2) is 9.33. The molecule has 10 heteroatoms. The van der Waals surface area contributed by atoms with Crippen molar-refractivity contribution in [3.63, 3.8) is 0 Å². The fourth-order valence-electron chi connectivity index (χ4n) is 2.71. The Morgan fingerprint density at radius 1 is 1.42 bits per heavy atom. The number of thiophene rings is 1. The van der Waals surface area contributed by atoms with Crippen LogP contribution in [0.3, 0.4) is 0 Å². The van der Waals surface area contributed by atoms with Gasteiger partial charge in [-0.05, 0) is 24.3 Å². The minimum Gasteiger partial charge on any atom is -0.355 e. The molecule has 1 aliphatic heterocycles. The standard InChI is InChI=1S/C16H27N5O3S2/c1-20(2)15(22)12-19-16(18-11-14-7-5-9-25-14)17-10-13-6-4-8-21(13)26(3,23)24/h5,7,9,13H,4,6,8,10-12H2,1-3H3,(H2,17,18,19)/t13-/m1/s1. The lowest BCUT2D eigenvalue weighted by molar-refractivity contribution is -0.127. The van der Waals surface area contributed by atoms with Gasteiger partial charge in [-0.2, -0.15) is 4.31 Å². The summed E-state index contributed by atoms with van der Waals surface area (Å²) in [5.41, 5.74) is 0. The summed E-state index contributed by atoms with van der Waals surface area (Å²) in [6, 6.07) is 3.90. The van der Waals surface area contributed by atoms with Crippen LogP contribution in [0.25, 0.3) is 0 Å². The Bertz CT molecular complexity index is 716. The Labute approximate surface area is 159 Å². The van der Waals surface area contributed by atoms with Crippen molar-refractivity contribution in [1.82, 2.24) is 19.8 Å². The Morgan fingerprint density at radius 2 is 2.19 bits per heavy atom. The first-order chi connectivity index (χ1) is 12.3. The third-order valence-electron chi connectivity index (χ3n) is 4.14. The highest BCUT2D eigenvalue weighted by Crippen LogP contribution is 2.19. The van der Waals surface area contributed by atoms with Crippen LogP contribution in [0, 0.1) is 0 Å². The Hall–Kier alpha value is -1.65. The van der Waals surface area contributed by atoms with E-state index in [1.165, 1.54) is 15.5 Å². The molecule has 146 valence electrons. The number of amides is 1. The summed E-state index contributed by atoms with van der Waals surface area (Å²) in [6.07, 6.45) is 2.91. The summed E-state index contributed by atoms with van der Waals surface area (Å²) in [7, 11) is 0.164. The summed E-state index contributed by atoms with van der Waals surface area (Å²) >= 11 is 1.63. The van der Waals surface area contributed by atoms with Crippen LogP contribution in [0.5, 0.6) is 0 Å². The largest absolute Gasteiger partial charge is 0.355 e. The van der Waals surface area contributed by atoms with E-state index in [1.54, 1.807) is 25.4 Å². The van der Waals surface area contributed by atoms with Gasteiger partial charge in [0.15, 0.2) is 5.96 Å². The van der Waals surface area contributed by atoms with Gasteiger partial charge in [-0.3, -0.25) is 4.79 Å². The molecule has 1 aromatic heterocycles. The van der Waals surface area contributed by atoms with Crippen LogP contribution in [0.1, 0.15) is 17.7 Å². The minimum absolute atomic E-state index is 0.0350. The molecule has 0 aromatic carbocycles. The molecule has 0 aliphatic carbocycles. The van der Waals surface area contributed by atoms with Crippen molar-refractivity contribution in [3.8, 4) is 0 Å². The molecule has 1 atom stereocenters. The average molecular weight is 402 g/mol. The fraction of sp³-hybridized carbons (Fsp3) is 0.625. The number of hydrogen-bond acceptors (Lipinski definition) is 5. The van der Waals surface area contributed by atoms with Gasteiger partial charge in [0.05, 0.1) is 12.8 Å². The molecular formula is C16H27N5O3S2. The Morgan fingerprint density at radius 3 is 2.81 bits per heavy atom. The van der Waals surface area contributed by atoms with Crippen molar-refractivity contribution in [3.05, 3.63) is 22.4 Å². The van der Waals surface area contributed by atoms with Gasteiger partial charge in [0, 0.05) is 38.1 Å². The molecule has 2 heterocycles. The van der Waals surface area contributed by atoms with Crippen molar-refractivity contribution in [2.24, 2.45) is 4.99 Å². The molecule has 1 amide bonds. The zero-order chi connectivity index (χ0) is 19.2. The van der Waals surface area contributed by atoms with E-state index < -0.39 is 10.0 Å². The molecule has 0 bridgehead atoms. The highest BCUT2D eigenvalue weighted by Gasteiger charge is 2.31. The van der Waals surface area contributed by atoms with Gasteiger partial charge in [-0.25, -0.2) is 13.4 Å². The number of hydrogen-bond donors (Lipinski definition) is 2. The lowest BCUT2D eigenvalue weighted by atomic mass is 10.2. The summed E-state index contributed by atoms with van der Waals surface area (Å²) in [5, 5.41) is 8.39. The second-order valence-electron chi connectivity index (χ2n) is 6.44. The van der Waals surface area contributed by atoms with Crippen LogP contribution >= 0.6 is 11.3 Å². The smallest absolute Gasteiger partial charge is 0.243 e. The number of nitrogens with zero attached hydrogens (tertiary/aromatic N) is 3. The SMILES string of the molecule is CN(C)C(=O)CN=C(NCc1cccs1)NC[C@H]1CCCN1S(C)(=O)=O. The summed E-state index contributed by atoms with van der Waals surface area (Å²) in [4.78, 5) is 18.8. The fourth-order valence-corrected chi connectivity index (χ4v) is 4.54. The predicted octanol–water partition coefficient (Wildman–Crippen LogP) is 0.296. The van der Waals surface area contributed by atoms with Gasteiger partial charge in [0.1, 0.15) is 6.54 Å². The molecule has 2 N–H and O–H groups in total. The number of guanidine groups is 1. The third-order valence-corrected chi connectivity index (χ3v) is 6.34. The van der Waals surface area contributed by atoms with E-state index in [0.717, 1.165) is 17.7 Å². The first kappa shape index (κ1) is 20.7. The van der Waals surface area contributed by atoms with E-state index >= 15 is 0 Å². The molecule has 8 nitrogen and oxygen atoms in total. The molecule has 0 spiro atoms. The zero-order valence-electron chi connectivity index (χ0n) is 15.4. The maximum atomic E-state index is 11.9. The molecule has 26 heavy (non-hydrogen) atoms. The van der Waals surface area contributed by atoms with E-state index in [4.69, 9.17) is 0 Å². The zero-order valence-corrected chi connectivity index (χ0v) is 17.1. The number of carbonyl (C=O) groups excluding carboxylic acids is 1. The average Bonchev–Trinajstić information content (AvgIpc) is 3.24. The first-order valence-electron chi connectivity index (χ1n) is 8.49. The maximum Gasteiger partial charge on any atom is 0.243 e. The molecule has 2 rings (SSSR count). The van der Waals surface area contributed by atoms with Crippen LogP contribution in [0.2, 0.25) is 0 Å². The van der Waals surface area contributed by atoms with Crippen LogP contribution < -0.4 is 10.6 Å². The minimum atomic E-state index is -3.21. The molecule has 0 radical (unpaired) electrons. The van der Waals surface area contributed by atoms with E-state index in [1.807, 2.05) is 17.5 Å². The van der Waals surface area contributed by atoms with Crippen LogP contribution in [0.15, 0.2) is 22.5 Å². The highest BCUT2D eigenvalue weighted by molar-refractivity contribution is 7.88. The summed E-state index contributed by atoms with van der Waals surface area (Å²) < 4.78 is 25.3. The molecular weight excluding hydrogens is 374 g/mol. The van der Waals surface area contributed by atoms with Gasteiger partial charge in [-0.15, -0.1) is 11.3 Å². The number of nitrogens with one attached hydrogen (secondary N) is 2. The lowest BCUT2D eigenvalue weighted by Gasteiger charge is -2.23. The lowest BCUT2D eigenvalue weighted by Crippen LogP contribution is -2.46. The topological polar surface area (TPSA) is 94.1 Å². The Kier molecular flexibility index (Phi) is 7.42. The third kappa shape index (κ3) is 6.26. The van der Waals surface area contributed by atoms with Crippen molar-refractivity contribution in [2.45, 2.75) is 25.4 Å². The monoisotopic (exact) mass is 401 g/mol. The van der Waals surface area contributed by atoms with Crippen molar-refractivity contribution in [2.75, 3.05) is 40.0 Å². The van der Waals surface area contributed by atoms with E-state index in [9.17, 15) is 13.2 Å². The van der Waals surface area contributed by atoms with Crippen molar-refractivity contribution >= 4 is 33.2 Å². The second-order valence-corrected chi connectivity index (χ2v) is 9.40. The predicted molar refractivity (Wildman–Crippen MR) is 105 cm³/mol. The first-order valence-corrected chi connectivity index (χ1v) is 11.2. The molecule has 1 fully saturated rings. The summed E-state index contributed by atoms with van der Waals surface area (Å²) in [6.45, 7) is 1.65. The molecule has 1 saturated heterocycles. The van der Waals surface area contributed by atoms with Gasteiger partial charge >= 0.3 is 0 Å². The number of carbonyl (C=O) groups is 1. The van der Waals surface area contributed by atoms with Crippen LogP contribution in [-0.2, 0) is 21.4 Å². The van der Waals surface area contributed by atoms with Gasteiger partial charge in [0.25, 0.3) is 0 Å². The Balaban J connectivity index is 1.98. The quantitative estimate of drug-likeness (QED) is 0.506. The van der Waals surface area contributed by atoms with Crippen LogP contribution in [0.4, 0.5) is 0 Å². The highest BCUT2D eigenvalue weighted by atomic mass is 32.2.